The molecule has 28 heavy (non-hydrogen) atoms. The van der Waals surface area contributed by atoms with E-state index < -0.39 is 22.7 Å². The number of carbonyl (C=O) groups is 2. The zero-order chi connectivity index (χ0) is 20.3. The Balaban J connectivity index is 1.90. The van der Waals surface area contributed by atoms with Gasteiger partial charge in [0.2, 0.25) is 5.91 Å². The predicted molar refractivity (Wildman–Crippen MR) is 102 cm³/mol. The molecule has 1 aliphatic rings. The number of carbonyl (C=O) groups excluding carboxylic acids is 2. The molecule has 0 spiro atoms. The summed E-state index contributed by atoms with van der Waals surface area (Å²) in [6.07, 6.45) is -0.0645. The van der Waals surface area contributed by atoms with Crippen LogP contribution in [0.5, 0.6) is 0 Å². The molecule has 0 aromatic heterocycles. The van der Waals surface area contributed by atoms with Gasteiger partial charge in [0.15, 0.2) is 0 Å². The molecule has 0 aliphatic carbocycles. The standard InChI is InChI=1S/C20H17ClN2O5/c1-12-19(20(25)28-11-13-5-3-2-4-6-13)16(10-18(24)22-12)15-9-14(23(26)27)7-8-17(15)21/h2-9,16,19H,1,10-11H2,(H,22,24). The van der Waals surface area contributed by atoms with Gasteiger partial charge in [-0.25, -0.2) is 0 Å². The van der Waals surface area contributed by atoms with Crippen molar-refractivity contribution in [3.05, 3.63) is 87.1 Å². The highest BCUT2D eigenvalue weighted by Crippen LogP contribution is 2.40. The number of non-ortho nitro benzene ring substituents is 1. The number of ether oxygens (including phenoxy) is 1. The fourth-order valence-corrected chi connectivity index (χ4v) is 3.47. The second-order valence-electron chi connectivity index (χ2n) is 6.42. The summed E-state index contributed by atoms with van der Waals surface area (Å²) in [4.78, 5) is 35.4. The van der Waals surface area contributed by atoms with E-state index in [9.17, 15) is 19.7 Å². The lowest BCUT2D eigenvalue weighted by Crippen LogP contribution is -2.41. The summed E-state index contributed by atoms with van der Waals surface area (Å²) in [6, 6.07) is 13.1. The van der Waals surface area contributed by atoms with Gasteiger partial charge in [-0.2, -0.15) is 0 Å². The maximum atomic E-state index is 12.8. The summed E-state index contributed by atoms with van der Waals surface area (Å²) >= 11 is 6.24. The molecule has 3 rings (SSSR count). The van der Waals surface area contributed by atoms with Gasteiger partial charge in [0, 0.05) is 35.2 Å². The van der Waals surface area contributed by atoms with Gasteiger partial charge in [0.05, 0.1) is 4.92 Å². The van der Waals surface area contributed by atoms with Crippen LogP contribution in [0.2, 0.25) is 5.02 Å². The summed E-state index contributed by atoms with van der Waals surface area (Å²) in [5.41, 5.74) is 1.16. The van der Waals surface area contributed by atoms with Gasteiger partial charge < -0.3 is 10.1 Å². The lowest BCUT2D eigenvalue weighted by molar-refractivity contribution is -0.384. The largest absolute Gasteiger partial charge is 0.460 e. The van der Waals surface area contributed by atoms with Crippen molar-refractivity contribution in [1.29, 1.82) is 0 Å². The Morgan fingerprint density at radius 1 is 1.29 bits per heavy atom. The smallest absolute Gasteiger partial charge is 0.315 e. The van der Waals surface area contributed by atoms with Crippen molar-refractivity contribution in [1.82, 2.24) is 5.32 Å². The molecule has 2 unspecified atom stereocenters. The Morgan fingerprint density at radius 3 is 2.68 bits per heavy atom. The molecule has 1 amide bonds. The van der Waals surface area contributed by atoms with Gasteiger partial charge in [-0.15, -0.1) is 0 Å². The number of nitro groups is 1. The maximum absolute atomic E-state index is 12.8. The number of nitrogens with one attached hydrogen (secondary N) is 1. The average molecular weight is 401 g/mol. The summed E-state index contributed by atoms with van der Waals surface area (Å²) in [7, 11) is 0. The number of esters is 1. The highest BCUT2D eigenvalue weighted by Gasteiger charge is 2.40. The number of nitrogens with zero attached hydrogens (tertiary/aromatic N) is 1. The van der Waals surface area contributed by atoms with Crippen LogP contribution < -0.4 is 5.32 Å². The van der Waals surface area contributed by atoms with Crippen molar-refractivity contribution < 1.29 is 19.2 Å². The van der Waals surface area contributed by atoms with Crippen molar-refractivity contribution >= 4 is 29.2 Å². The van der Waals surface area contributed by atoms with Crippen molar-refractivity contribution in [3.8, 4) is 0 Å². The number of rotatable bonds is 5. The Kier molecular flexibility index (Phi) is 5.75. The van der Waals surface area contributed by atoms with Crippen LogP contribution in [-0.2, 0) is 20.9 Å². The van der Waals surface area contributed by atoms with Gasteiger partial charge in [-0.05, 0) is 17.2 Å². The van der Waals surface area contributed by atoms with E-state index in [1.54, 1.807) is 0 Å². The topological polar surface area (TPSA) is 98.5 Å². The molecule has 0 bridgehead atoms. The van der Waals surface area contributed by atoms with Gasteiger partial charge >= 0.3 is 5.97 Å². The molecule has 144 valence electrons. The van der Waals surface area contributed by atoms with E-state index in [0.29, 0.717) is 5.56 Å². The number of hydrogen-bond donors (Lipinski definition) is 1. The van der Waals surface area contributed by atoms with Crippen LogP contribution in [0.3, 0.4) is 0 Å². The highest BCUT2D eigenvalue weighted by atomic mass is 35.5. The molecule has 1 N–H and O–H groups in total. The molecule has 1 fully saturated rings. The predicted octanol–water partition coefficient (Wildman–Crippen LogP) is 3.73. The van der Waals surface area contributed by atoms with Gasteiger partial charge in [0.25, 0.3) is 5.69 Å². The quantitative estimate of drug-likeness (QED) is 0.468. The summed E-state index contributed by atoms with van der Waals surface area (Å²) in [5, 5.41) is 13.9. The molecule has 0 saturated carbocycles. The summed E-state index contributed by atoms with van der Waals surface area (Å²) in [5.74, 6) is -2.54. The van der Waals surface area contributed by atoms with Crippen molar-refractivity contribution in [2.45, 2.75) is 18.9 Å². The molecule has 7 nitrogen and oxygen atoms in total. The highest BCUT2D eigenvalue weighted by molar-refractivity contribution is 6.31. The zero-order valence-electron chi connectivity index (χ0n) is 14.8. The average Bonchev–Trinajstić information content (AvgIpc) is 2.66. The second kappa shape index (κ2) is 8.22. The first-order valence-electron chi connectivity index (χ1n) is 8.50. The molecule has 8 heteroatoms. The monoisotopic (exact) mass is 400 g/mol. The Labute approximate surface area is 166 Å². The first-order valence-corrected chi connectivity index (χ1v) is 8.87. The van der Waals surface area contributed by atoms with E-state index in [-0.39, 0.29) is 35.3 Å². The SMILES string of the molecule is C=C1NC(=O)CC(c2cc([N+](=O)[O-])ccc2Cl)C1C(=O)OCc1ccccc1. The van der Waals surface area contributed by atoms with E-state index in [4.69, 9.17) is 16.3 Å². The third kappa shape index (κ3) is 4.20. The van der Waals surface area contributed by atoms with Crippen LogP contribution >= 0.6 is 11.6 Å². The first kappa shape index (κ1) is 19.6. The summed E-state index contributed by atoms with van der Waals surface area (Å²) in [6.45, 7) is 3.84. The van der Waals surface area contributed by atoms with Crippen molar-refractivity contribution in [2.24, 2.45) is 5.92 Å². The third-order valence-electron chi connectivity index (χ3n) is 4.55. The lowest BCUT2D eigenvalue weighted by atomic mass is 9.79. The van der Waals surface area contributed by atoms with Crippen molar-refractivity contribution in [2.75, 3.05) is 0 Å². The molecule has 2 atom stereocenters. The maximum Gasteiger partial charge on any atom is 0.315 e. The first-order chi connectivity index (χ1) is 13.4. The van der Waals surface area contributed by atoms with Gasteiger partial charge in [0.1, 0.15) is 12.5 Å². The zero-order valence-corrected chi connectivity index (χ0v) is 15.5. The molecule has 1 aliphatic heterocycles. The minimum Gasteiger partial charge on any atom is -0.460 e. The fourth-order valence-electron chi connectivity index (χ4n) is 3.21. The van der Waals surface area contributed by atoms with Crippen LogP contribution in [0, 0.1) is 16.0 Å². The van der Waals surface area contributed by atoms with Crippen LogP contribution in [0.1, 0.15) is 23.5 Å². The van der Waals surface area contributed by atoms with Crippen LogP contribution in [0.25, 0.3) is 0 Å². The van der Waals surface area contributed by atoms with Crippen LogP contribution in [0.4, 0.5) is 5.69 Å². The number of nitro benzene ring substituents is 1. The van der Waals surface area contributed by atoms with Crippen LogP contribution in [0.15, 0.2) is 60.8 Å². The summed E-state index contributed by atoms with van der Waals surface area (Å²) < 4.78 is 5.41. The minimum atomic E-state index is -0.902. The third-order valence-corrected chi connectivity index (χ3v) is 4.90. The number of hydrogen-bond acceptors (Lipinski definition) is 5. The number of piperidine rings is 1. The van der Waals surface area contributed by atoms with E-state index in [1.165, 1.54) is 18.2 Å². The van der Waals surface area contributed by atoms with E-state index in [2.05, 4.69) is 11.9 Å². The van der Waals surface area contributed by atoms with Gasteiger partial charge in [-0.3, -0.25) is 19.7 Å². The Bertz CT molecular complexity index is 945. The Morgan fingerprint density at radius 2 is 2.00 bits per heavy atom. The Hall–Kier alpha value is -3.19. The molecule has 1 heterocycles. The van der Waals surface area contributed by atoms with Gasteiger partial charge in [-0.1, -0.05) is 48.5 Å². The molecule has 2 aromatic carbocycles. The molecule has 0 radical (unpaired) electrons. The fraction of sp³-hybridized carbons (Fsp3) is 0.200. The number of benzene rings is 2. The molecular weight excluding hydrogens is 384 g/mol. The lowest BCUT2D eigenvalue weighted by Gasteiger charge is -2.32. The normalized spacial score (nSPS) is 19.0. The molecule has 1 saturated heterocycles. The van der Waals surface area contributed by atoms with Crippen molar-refractivity contribution in [3.63, 3.8) is 0 Å². The number of amides is 1. The van der Waals surface area contributed by atoms with Crippen LogP contribution in [-0.4, -0.2) is 16.8 Å². The van der Waals surface area contributed by atoms with E-state index in [0.717, 1.165) is 5.56 Å². The number of halogens is 1. The second-order valence-corrected chi connectivity index (χ2v) is 6.83. The molecule has 2 aromatic rings. The molecular formula is C20H17ClN2O5. The van der Waals surface area contributed by atoms with E-state index in [1.807, 2.05) is 30.3 Å². The van der Waals surface area contributed by atoms with E-state index >= 15 is 0 Å². The minimum absolute atomic E-state index is 0.0623.